The molecule has 0 saturated heterocycles. The fraction of sp³-hybridized carbons (Fsp3) is 0.533. The molecule has 0 saturated carbocycles. The van der Waals surface area contributed by atoms with E-state index in [1.807, 2.05) is 51.2 Å². The SMILES string of the molecule is CC(O)C(C)SCC(=O)N(C)C(C)c1ccccc1. The van der Waals surface area contributed by atoms with Crippen LogP contribution in [0.4, 0.5) is 0 Å². The molecule has 0 heterocycles. The van der Waals surface area contributed by atoms with E-state index in [1.54, 1.807) is 11.8 Å². The zero-order valence-corrected chi connectivity index (χ0v) is 12.9. The molecule has 0 aliphatic heterocycles. The van der Waals surface area contributed by atoms with Crippen LogP contribution in [0.5, 0.6) is 0 Å². The third kappa shape index (κ3) is 4.88. The van der Waals surface area contributed by atoms with Crippen molar-refractivity contribution >= 4 is 17.7 Å². The fourth-order valence-corrected chi connectivity index (χ4v) is 2.50. The van der Waals surface area contributed by atoms with Crippen LogP contribution in [0.25, 0.3) is 0 Å². The first-order valence-electron chi connectivity index (χ1n) is 6.53. The molecule has 0 spiro atoms. The topological polar surface area (TPSA) is 40.5 Å². The molecular formula is C15H23NO2S. The normalized spacial score (nSPS) is 15.6. The lowest BCUT2D eigenvalue weighted by molar-refractivity contribution is -0.128. The lowest BCUT2D eigenvalue weighted by Gasteiger charge is -2.26. The predicted octanol–water partition coefficient (Wildman–Crippen LogP) is 2.71. The van der Waals surface area contributed by atoms with Gasteiger partial charge in [-0.3, -0.25) is 4.79 Å². The minimum Gasteiger partial charge on any atom is -0.392 e. The third-order valence-electron chi connectivity index (χ3n) is 3.41. The maximum atomic E-state index is 12.1. The molecule has 0 aliphatic carbocycles. The number of thioether (sulfide) groups is 1. The summed E-state index contributed by atoms with van der Waals surface area (Å²) in [6, 6.07) is 10.1. The average Bonchev–Trinajstić information content (AvgIpc) is 2.43. The van der Waals surface area contributed by atoms with Crippen molar-refractivity contribution in [2.24, 2.45) is 0 Å². The lowest BCUT2D eigenvalue weighted by Crippen LogP contribution is -2.32. The molecule has 1 N–H and O–H groups in total. The van der Waals surface area contributed by atoms with Crippen molar-refractivity contribution in [1.29, 1.82) is 0 Å². The molecule has 3 unspecified atom stereocenters. The van der Waals surface area contributed by atoms with Crippen LogP contribution in [0.1, 0.15) is 32.4 Å². The van der Waals surface area contributed by atoms with Crippen LogP contribution < -0.4 is 0 Å². The first kappa shape index (κ1) is 16.1. The number of rotatable bonds is 6. The van der Waals surface area contributed by atoms with Crippen molar-refractivity contribution in [2.45, 2.75) is 38.2 Å². The van der Waals surface area contributed by atoms with E-state index in [4.69, 9.17) is 0 Å². The number of amides is 1. The van der Waals surface area contributed by atoms with Gasteiger partial charge in [-0.05, 0) is 19.4 Å². The number of aliphatic hydroxyl groups excluding tert-OH is 1. The van der Waals surface area contributed by atoms with Crippen LogP contribution in [0.15, 0.2) is 30.3 Å². The first-order valence-corrected chi connectivity index (χ1v) is 7.58. The molecule has 1 aromatic carbocycles. The Morgan fingerprint density at radius 3 is 2.37 bits per heavy atom. The van der Waals surface area contributed by atoms with Crippen LogP contribution in [0.2, 0.25) is 0 Å². The summed E-state index contributed by atoms with van der Waals surface area (Å²) in [7, 11) is 1.83. The van der Waals surface area contributed by atoms with Crippen molar-refractivity contribution < 1.29 is 9.90 Å². The highest BCUT2D eigenvalue weighted by molar-refractivity contribution is 8.00. The number of hydrogen-bond donors (Lipinski definition) is 1. The molecule has 1 aromatic rings. The second-order valence-corrected chi connectivity index (χ2v) is 6.21. The van der Waals surface area contributed by atoms with Gasteiger partial charge >= 0.3 is 0 Å². The van der Waals surface area contributed by atoms with E-state index in [-0.39, 0.29) is 17.2 Å². The average molecular weight is 281 g/mol. The first-order chi connectivity index (χ1) is 8.93. The summed E-state index contributed by atoms with van der Waals surface area (Å²) in [5, 5.41) is 9.49. The molecule has 0 aromatic heterocycles. The second kappa shape index (κ2) is 7.56. The number of benzene rings is 1. The molecule has 0 radical (unpaired) electrons. The Morgan fingerprint density at radius 1 is 1.26 bits per heavy atom. The highest BCUT2D eigenvalue weighted by Crippen LogP contribution is 2.21. The summed E-state index contributed by atoms with van der Waals surface area (Å²) in [5.41, 5.74) is 1.13. The summed E-state index contributed by atoms with van der Waals surface area (Å²) in [5.74, 6) is 0.494. The maximum absolute atomic E-state index is 12.1. The van der Waals surface area contributed by atoms with Gasteiger partial charge in [0.05, 0.1) is 17.9 Å². The Labute approximate surface area is 120 Å². The monoisotopic (exact) mass is 281 g/mol. The summed E-state index contributed by atoms with van der Waals surface area (Å²) in [6.45, 7) is 5.71. The van der Waals surface area contributed by atoms with Crippen LogP contribution in [0.3, 0.4) is 0 Å². The van der Waals surface area contributed by atoms with E-state index in [0.717, 1.165) is 5.56 Å². The van der Waals surface area contributed by atoms with Gasteiger partial charge < -0.3 is 10.0 Å². The molecule has 0 fully saturated rings. The number of aliphatic hydroxyl groups is 1. The molecular weight excluding hydrogens is 258 g/mol. The van der Waals surface area contributed by atoms with E-state index in [2.05, 4.69) is 0 Å². The van der Waals surface area contributed by atoms with E-state index in [1.165, 1.54) is 11.8 Å². The third-order valence-corrected chi connectivity index (χ3v) is 4.74. The number of carbonyl (C=O) groups excluding carboxylic acids is 1. The van der Waals surface area contributed by atoms with E-state index in [9.17, 15) is 9.90 Å². The van der Waals surface area contributed by atoms with Crippen LogP contribution in [-0.4, -0.2) is 40.1 Å². The van der Waals surface area contributed by atoms with Gasteiger partial charge in [0, 0.05) is 12.3 Å². The maximum Gasteiger partial charge on any atom is 0.232 e. The van der Waals surface area contributed by atoms with Crippen molar-refractivity contribution in [3.63, 3.8) is 0 Å². The Balaban J connectivity index is 2.53. The number of carbonyl (C=O) groups is 1. The van der Waals surface area contributed by atoms with Crippen LogP contribution in [-0.2, 0) is 4.79 Å². The van der Waals surface area contributed by atoms with Gasteiger partial charge in [-0.1, -0.05) is 37.3 Å². The molecule has 3 nitrogen and oxygen atoms in total. The molecule has 4 heteroatoms. The molecule has 106 valence electrons. The Bertz CT molecular complexity index is 394. The Kier molecular flexibility index (Phi) is 6.38. The molecule has 19 heavy (non-hydrogen) atoms. The second-order valence-electron chi connectivity index (χ2n) is 4.85. The van der Waals surface area contributed by atoms with Crippen molar-refractivity contribution in [3.05, 3.63) is 35.9 Å². The Hall–Kier alpha value is -1.00. The van der Waals surface area contributed by atoms with Gasteiger partial charge in [-0.15, -0.1) is 11.8 Å². The van der Waals surface area contributed by atoms with Gasteiger partial charge in [0.1, 0.15) is 0 Å². The standard InChI is InChI=1S/C15H23NO2S/c1-11(14-8-6-5-7-9-14)16(4)15(18)10-19-13(3)12(2)17/h5-9,11-13,17H,10H2,1-4H3. The minimum atomic E-state index is -0.394. The van der Waals surface area contributed by atoms with Crippen molar-refractivity contribution in [2.75, 3.05) is 12.8 Å². The quantitative estimate of drug-likeness (QED) is 0.871. The number of hydrogen-bond acceptors (Lipinski definition) is 3. The van der Waals surface area contributed by atoms with E-state index < -0.39 is 6.10 Å². The summed E-state index contributed by atoms with van der Waals surface area (Å²) in [4.78, 5) is 13.9. The summed E-state index contributed by atoms with van der Waals surface area (Å²) >= 11 is 1.49. The summed E-state index contributed by atoms with van der Waals surface area (Å²) in [6.07, 6.45) is -0.394. The zero-order chi connectivity index (χ0) is 14.4. The van der Waals surface area contributed by atoms with Crippen LogP contribution in [0, 0.1) is 0 Å². The van der Waals surface area contributed by atoms with Gasteiger partial charge in [-0.2, -0.15) is 0 Å². The molecule has 0 aliphatic rings. The van der Waals surface area contributed by atoms with Crippen LogP contribution >= 0.6 is 11.8 Å². The number of nitrogens with zero attached hydrogens (tertiary/aromatic N) is 1. The van der Waals surface area contributed by atoms with Gasteiger partial charge in [0.15, 0.2) is 0 Å². The highest BCUT2D eigenvalue weighted by Gasteiger charge is 2.19. The highest BCUT2D eigenvalue weighted by atomic mass is 32.2. The smallest absolute Gasteiger partial charge is 0.232 e. The Morgan fingerprint density at radius 2 is 1.84 bits per heavy atom. The van der Waals surface area contributed by atoms with Crippen molar-refractivity contribution in [1.82, 2.24) is 4.90 Å². The predicted molar refractivity (Wildman–Crippen MR) is 81.2 cm³/mol. The van der Waals surface area contributed by atoms with E-state index >= 15 is 0 Å². The summed E-state index contributed by atoms with van der Waals surface area (Å²) < 4.78 is 0. The molecule has 3 atom stereocenters. The largest absolute Gasteiger partial charge is 0.392 e. The van der Waals surface area contributed by atoms with E-state index in [0.29, 0.717) is 5.75 Å². The molecule has 1 rings (SSSR count). The molecule has 0 bridgehead atoms. The van der Waals surface area contributed by atoms with Gasteiger partial charge in [0.2, 0.25) is 5.91 Å². The van der Waals surface area contributed by atoms with Crippen molar-refractivity contribution in [3.8, 4) is 0 Å². The lowest BCUT2D eigenvalue weighted by atomic mass is 10.1. The van der Waals surface area contributed by atoms with Gasteiger partial charge in [-0.25, -0.2) is 0 Å². The molecule has 1 amide bonds. The zero-order valence-electron chi connectivity index (χ0n) is 12.0. The van der Waals surface area contributed by atoms with Gasteiger partial charge in [0.25, 0.3) is 0 Å². The minimum absolute atomic E-state index is 0.0659. The fourth-order valence-electron chi connectivity index (χ4n) is 1.61.